The highest BCUT2D eigenvalue weighted by atomic mass is 16.1. The fourth-order valence-corrected chi connectivity index (χ4v) is 2.29. The summed E-state index contributed by atoms with van der Waals surface area (Å²) in [6.45, 7) is 2.29. The first kappa shape index (κ1) is 12.7. The Kier molecular flexibility index (Phi) is 4.40. The van der Waals surface area contributed by atoms with E-state index in [0.29, 0.717) is 6.42 Å². The van der Waals surface area contributed by atoms with Crippen LogP contribution in [0.5, 0.6) is 0 Å². The van der Waals surface area contributed by atoms with Gasteiger partial charge in [0.15, 0.2) is 0 Å². The van der Waals surface area contributed by atoms with E-state index in [-0.39, 0.29) is 5.91 Å². The van der Waals surface area contributed by atoms with E-state index in [1.807, 2.05) is 18.2 Å². The van der Waals surface area contributed by atoms with Gasteiger partial charge in [-0.15, -0.1) is 0 Å². The number of nitrogens with zero attached hydrogens (tertiary/aromatic N) is 1. The van der Waals surface area contributed by atoms with E-state index < -0.39 is 0 Å². The minimum Gasteiger partial charge on any atom is -0.372 e. The molecule has 1 aromatic rings. The van der Waals surface area contributed by atoms with Gasteiger partial charge in [-0.2, -0.15) is 0 Å². The second kappa shape index (κ2) is 6.24. The van der Waals surface area contributed by atoms with E-state index in [4.69, 9.17) is 5.73 Å². The molecule has 0 bridgehead atoms. The predicted octanol–water partition coefficient (Wildman–Crippen LogP) is 2.57. The lowest BCUT2D eigenvalue weighted by Crippen LogP contribution is -2.29. The normalized spacial score (nSPS) is 16.1. The van der Waals surface area contributed by atoms with Gasteiger partial charge < -0.3 is 10.6 Å². The van der Waals surface area contributed by atoms with Crippen LogP contribution in [0.25, 0.3) is 6.08 Å². The number of hydrogen-bond acceptors (Lipinski definition) is 2. The minimum absolute atomic E-state index is 0.293. The van der Waals surface area contributed by atoms with Crippen molar-refractivity contribution >= 4 is 17.7 Å². The van der Waals surface area contributed by atoms with Crippen molar-refractivity contribution in [2.45, 2.75) is 25.7 Å². The van der Waals surface area contributed by atoms with E-state index in [9.17, 15) is 4.79 Å². The number of amides is 1. The number of carbonyl (C=O) groups is 1. The Morgan fingerprint density at radius 2 is 2.06 bits per heavy atom. The van der Waals surface area contributed by atoms with Gasteiger partial charge in [-0.05, 0) is 37.0 Å². The van der Waals surface area contributed by atoms with Crippen LogP contribution in [0.1, 0.15) is 31.2 Å². The highest BCUT2D eigenvalue weighted by Gasteiger charge is 2.10. The number of piperidine rings is 1. The van der Waals surface area contributed by atoms with Gasteiger partial charge in [0.2, 0.25) is 5.91 Å². The molecule has 3 nitrogen and oxygen atoms in total. The zero-order valence-electron chi connectivity index (χ0n) is 10.6. The third kappa shape index (κ3) is 3.62. The number of rotatable bonds is 4. The van der Waals surface area contributed by atoms with Crippen LogP contribution in [0.3, 0.4) is 0 Å². The van der Waals surface area contributed by atoms with Crippen LogP contribution in [-0.4, -0.2) is 19.0 Å². The first-order chi connectivity index (χ1) is 8.75. The zero-order valence-corrected chi connectivity index (χ0v) is 10.6. The first-order valence-corrected chi connectivity index (χ1v) is 6.55. The van der Waals surface area contributed by atoms with E-state index in [2.05, 4.69) is 23.1 Å². The molecule has 1 fully saturated rings. The molecule has 1 amide bonds. The lowest BCUT2D eigenvalue weighted by atomic mass is 10.1. The predicted molar refractivity (Wildman–Crippen MR) is 75.4 cm³/mol. The molecule has 3 heteroatoms. The molecule has 1 heterocycles. The molecule has 1 aliphatic rings. The van der Waals surface area contributed by atoms with Crippen molar-refractivity contribution in [1.29, 1.82) is 0 Å². The second-order valence-electron chi connectivity index (χ2n) is 4.72. The number of benzene rings is 1. The highest BCUT2D eigenvalue weighted by molar-refractivity contribution is 5.76. The summed E-state index contributed by atoms with van der Waals surface area (Å²) < 4.78 is 0. The molecule has 0 saturated carbocycles. The molecule has 1 saturated heterocycles. The van der Waals surface area contributed by atoms with Gasteiger partial charge >= 0.3 is 0 Å². The van der Waals surface area contributed by atoms with Crippen LogP contribution in [0.2, 0.25) is 0 Å². The molecule has 0 atom stereocenters. The maximum atomic E-state index is 10.7. The average Bonchev–Trinajstić information content (AvgIpc) is 2.40. The smallest absolute Gasteiger partial charge is 0.221 e. The van der Waals surface area contributed by atoms with E-state index >= 15 is 0 Å². The quantitative estimate of drug-likeness (QED) is 0.884. The Hall–Kier alpha value is -1.77. The van der Waals surface area contributed by atoms with E-state index in [1.54, 1.807) is 0 Å². The molecule has 0 aromatic heterocycles. The Balaban J connectivity index is 2.04. The van der Waals surface area contributed by atoms with E-state index in [0.717, 1.165) is 18.7 Å². The maximum Gasteiger partial charge on any atom is 0.221 e. The van der Waals surface area contributed by atoms with Crippen LogP contribution >= 0.6 is 0 Å². The summed E-state index contributed by atoms with van der Waals surface area (Å²) in [5, 5.41) is 0. The molecule has 96 valence electrons. The number of nitrogens with two attached hydrogens (primary N) is 1. The third-order valence-electron chi connectivity index (χ3n) is 3.22. The topological polar surface area (TPSA) is 46.3 Å². The molecule has 2 rings (SSSR count). The maximum absolute atomic E-state index is 10.7. The van der Waals surface area contributed by atoms with Crippen molar-refractivity contribution in [3.05, 3.63) is 35.9 Å². The molecule has 0 radical (unpaired) electrons. The van der Waals surface area contributed by atoms with Crippen LogP contribution in [0, 0.1) is 0 Å². The van der Waals surface area contributed by atoms with Gasteiger partial charge in [0, 0.05) is 25.2 Å². The summed E-state index contributed by atoms with van der Waals surface area (Å²) in [5.41, 5.74) is 7.50. The fraction of sp³-hybridized carbons (Fsp3) is 0.400. The lowest BCUT2D eigenvalue weighted by Gasteiger charge is -2.29. The minimum atomic E-state index is -0.293. The second-order valence-corrected chi connectivity index (χ2v) is 4.72. The fourth-order valence-electron chi connectivity index (χ4n) is 2.29. The van der Waals surface area contributed by atoms with Crippen molar-refractivity contribution < 1.29 is 4.79 Å². The van der Waals surface area contributed by atoms with Crippen molar-refractivity contribution in [1.82, 2.24) is 0 Å². The largest absolute Gasteiger partial charge is 0.372 e. The number of hydrogen-bond donors (Lipinski definition) is 1. The van der Waals surface area contributed by atoms with Crippen LogP contribution in [0.15, 0.2) is 30.3 Å². The summed E-state index contributed by atoms with van der Waals surface area (Å²) in [4.78, 5) is 13.1. The van der Waals surface area contributed by atoms with Gasteiger partial charge in [-0.25, -0.2) is 0 Å². The zero-order chi connectivity index (χ0) is 12.8. The molecule has 1 aliphatic heterocycles. The Morgan fingerprint density at radius 1 is 1.28 bits per heavy atom. The molecule has 1 aromatic carbocycles. The van der Waals surface area contributed by atoms with Gasteiger partial charge in [-0.1, -0.05) is 24.3 Å². The number of anilines is 1. The van der Waals surface area contributed by atoms with Crippen molar-refractivity contribution in [3.8, 4) is 0 Å². The molecule has 0 aliphatic carbocycles. The molecule has 2 N–H and O–H groups in total. The third-order valence-corrected chi connectivity index (χ3v) is 3.22. The van der Waals surface area contributed by atoms with Crippen molar-refractivity contribution in [2.75, 3.05) is 18.0 Å². The Morgan fingerprint density at radius 3 is 2.78 bits per heavy atom. The van der Waals surface area contributed by atoms with Crippen LogP contribution in [-0.2, 0) is 4.79 Å². The molecule has 0 spiro atoms. The summed E-state index contributed by atoms with van der Waals surface area (Å²) in [5.74, 6) is -0.293. The van der Waals surface area contributed by atoms with Gasteiger partial charge in [-0.3, -0.25) is 4.79 Å². The van der Waals surface area contributed by atoms with Crippen LogP contribution < -0.4 is 10.6 Å². The van der Waals surface area contributed by atoms with Gasteiger partial charge in [0.1, 0.15) is 0 Å². The molecule has 18 heavy (non-hydrogen) atoms. The SMILES string of the molecule is NC(=O)CC=Cc1cccc(N2CCCCC2)c1. The molecular weight excluding hydrogens is 224 g/mol. The van der Waals surface area contributed by atoms with Gasteiger partial charge in [0.25, 0.3) is 0 Å². The van der Waals surface area contributed by atoms with Gasteiger partial charge in [0.05, 0.1) is 0 Å². The molecule has 0 unspecified atom stereocenters. The summed E-state index contributed by atoms with van der Waals surface area (Å²) in [6, 6.07) is 8.43. The highest BCUT2D eigenvalue weighted by Crippen LogP contribution is 2.21. The molecular formula is C15H20N2O. The summed E-state index contributed by atoms with van der Waals surface area (Å²) in [6.07, 6.45) is 7.97. The van der Waals surface area contributed by atoms with E-state index in [1.165, 1.54) is 24.9 Å². The summed E-state index contributed by atoms with van der Waals surface area (Å²) >= 11 is 0. The Bertz CT molecular complexity index is 434. The van der Waals surface area contributed by atoms with Crippen molar-refractivity contribution in [2.24, 2.45) is 5.73 Å². The number of carbonyl (C=O) groups excluding carboxylic acids is 1. The average molecular weight is 244 g/mol. The van der Waals surface area contributed by atoms with Crippen molar-refractivity contribution in [3.63, 3.8) is 0 Å². The van der Waals surface area contributed by atoms with Crippen LogP contribution in [0.4, 0.5) is 5.69 Å². The Labute approximate surface area is 108 Å². The standard InChI is InChI=1S/C15H20N2O/c16-15(18)9-5-7-13-6-4-8-14(12-13)17-10-2-1-3-11-17/h4-8,12H,1-3,9-11H2,(H2,16,18). The lowest BCUT2D eigenvalue weighted by molar-refractivity contribution is -0.117. The summed E-state index contributed by atoms with van der Waals surface area (Å²) in [7, 11) is 0. The number of primary amides is 1. The first-order valence-electron chi connectivity index (χ1n) is 6.55. The monoisotopic (exact) mass is 244 g/mol.